The van der Waals surface area contributed by atoms with Crippen molar-refractivity contribution in [1.82, 2.24) is 9.55 Å². The monoisotopic (exact) mass is 312 g/mol. The number of rotatable bonds is 4. The molecule has 4 nitrogen and oxygen atoms in total. The number of hydrogen-bond acceptors (Lipinski definition) is 3. The quantitative estimate of drug-likeness (QED) is 0.642. The van der Waals surface area contributed by atoms with E-state index in [0.29, 0.717) is 0 Å². The number of halogens is 1. The van der Waals surface area contributed by atoms with Gasteiger partial charge in [-0.2, -0.15) is 4.39 Å². The minimum absolute atomic E-state index is 0.214. The van der Waals surface area contributed by atoms with Crippen LogP contribution in [0.3, 0.4) is 0 Å². The van der Waals surface area contributed by atoms with E-state index in [-0.39, 0.29) is 11.7 Å². The molecule has 2 atom stereocenters. The smallest absolute Gasteiger partial charge is 0.361 e. The van der Waals surface area contributed by atoms with Crippen molar-refractivity contribution in [3.63, 3.8) is 0 Å². The highest BCUT2D eigenvalue weighted by molar-refractivity contribution is 5.88. The first-order chi connectivity index (χ1) is 11.0. The Morgan fingerprint density at radius 2 is 2.09 bits per heavy atom. The van der Waals surface area contributed by atoms with Crippen LogP contribution >= 0.6 is 0 Å². The summed E-state index contributed by atoms with van der Waals surface area (Å²) in [7, 11) is 0. The van der Waals surface area contributed by atoms with Crippen LogP contribution in [-0.2, 0) is 4.74 Å². The van der Waals surface area contributed by atoms with Crippen molar-refractivity contribution in [3.05, 3.63) is 66.5 Å². The van der Waals surface area contributed by atoms with Crippen LogP contribution in [0.15, 0.2) is 49.3 Å². The molecular formula is C18H17FN2O2. The lowest BCUT2D eigenvalue weighted by molar-refractivity contribution is 0.0418. The summed E-state index contributed by atoms with van der Waals surface area (Å²) >= 11 is 0. The molecule has 1 unspecified atom stereocenters. The fourth-order valence-electron chi connectivity index (χ4n) is 2.14. The van der Waals surface area contributed by atoms with Crippen LogP contribution in [0.1, 0.15) is 35.9 Å². The molecule has 0 saturated heterocycles. The summed E-state index contributed by atoms with van der Waals surface area (Å²) in [5.74, 6) is 3.60. The van der Waals surface area contributed by atoms with E-state index in [9.17, 15) is 9.18 Å². The number of aromatic nitrogens is 2. The molecule has 0 bridgehead atoms. The molecule has 0 N–H and O–H groups in total. The maximum absolute atomic E-state index is 14.0. The number of carbonyl (C=O) groups excluding carboxylic acids is 1. The summed E-state index contributed by atoms with van der Waals surface area (Å²) in [5.41, 5.74) is 0.715. The Morgan fingerprint density at radius 1 is 1.39 bits per heavy atom. The molecular weight excluding hydrogens is 295 g/mol. The Morgan fingerprint density at radius 3 is 2.74 bits per heavy atom. The molecule has 0 saturated carbocycles. The third kappa shape index (κ3) is 3.86. The van der Waals surface area contributed by atoms with Gasteiger partial charge in [-0.25, -0.2) is 9.78 Å². The zero-order chi connectivity index (χ0) is 16.8. The predicted molar refractivity (Wildman–Crippen MR) is 85.3 cm³/mol. The first-order valence-electron chi connectivity index (χ1n) is 7.14. The summed E-state index contributed by atoms with van der Waals surface area (Å²) in [4.78, 5) is 15.8. The molecule has 0 amide bonds. The fraction of sp³-hybridized carbons (Fsp3) is 0.222. The van der Waals surface area contributed by atoms with Crippen LogP contribution < -0.4 is 0 Å². The van der Waals surface area contributed by atoms with Gasteiger partial charge in [-0.1, -0.05) is 48.8 Å². The number of carbonyl (C=O) groups is 1. The highest BCUT2D eigenvalue weighted by atomic mass is 19.1. The second kappa shape index (κ2) is 7.41. The molecule has 0 aliphatic carbocycles. The number of hydrogen-bond donors (Lipinski definition) is 0. The Balaban J connectivity index is 2.28. The second-order valence-corrected chi connectivity index (χ2v) is 4.92. The summed E-state index contributed by atoms with van der Waals surface area (Å²) in [6, 6.07) is 9.19. The van der Waals surface area contributed by atoms with E-state index in [2.05, 4.69) is 23.4 Å². The lowest BCUT2D eigenvalue weighted by Crippen LogP contribution is -2.20. The third-order valence-electron chi connectivity index (χ3n) is 3.31. The van der Waals surface area contributed by atoms with E-state index in [1.54, 1.807) is 6.92 Å². The minimum Gasteiger partial charge on any atom is -0.445 e. The van der Waals surface area contributed by atoms with Gasteiger partial charge in [0.25, 0.3) is 0 Å². The highest BCUT2D eigenvalue weighted by Gasteiger charge is 2.25. The number of ether oxygens (including phenoxy) is 1. The van der Waals surface area contributed by atoms with Crippen molar-refractivity contribution in [3.8, 4) is 11.8 Å². The zero-order valence-corrected chi connectivity index (χ0v) is 13.0. The highest BCUT2D eigenvalue weighted by Crippen LogP contribution is 2.21. The molecule has 23 heavy (non-hydrogen) atoms. The largest absolute Gasteiger partial charge is 0.445 e. The van der Waals surface area contributed by atoms with Gasteiger partial charge in [0.1, 0.15) is 0 Å². The van der Waals surface area contributed by atoms with Crippen molar-refractivity contribution in [2.45, 2.75) is 26.0 Å². The summed E-state index contributed by atoms with van der Waals surface area (Å²) in [6.45, 7) is 6.92. The minimum atomic E-state index is -0.860. The molecule has 0 spiro atoms. The standard InChI is InChI=1S/C18H17FN2O2/c1-4-5-9-13(2)23-18(22)16-17(19)20-12-21(16)14(3)15-10-7-6-8-11-15/h4,6-8,10-14H,1H2,2-3H3/t13?,14-/m1/s1. The maximum atomic E-state index is 14.0. The van der Waals surface area contributed by atoms with E-state index >= 15 is 0 Å². The number of nitrogens with zero attached hydrogens (tertiary/aromatic N) is 2. The van der Waals surface area contributed by atoms with Crippen LogP contribution in [0.2, 0.25) is 0 Å². The van der Waals surface area contributed by atoms with E-state index in [4.69, 9.17) is 4.74 Å². The molecule has 0 fully saturated rings. The van der Waals surface area contributed by atoms with Gasteiger partial charge >= 0.3 is 5.97 Å². The van der Waals surface area contributed by atoms with Gasteiger partial charge in [-0.05, 0) is 25.5 Å². The molecule has 118 valence electrons. The Labute approximate surface area is 134 Å². The number of allylic oxidation sites excluding steroid dienone is 1. The van der Waals surface area contributed by atoms with Gasteiger partial charge in [-0.15, -0.1) is 0 Å². The number of imidazole rings is 1. The predicted octanol–water partition coefficient (Wildman–Crippen LogP) is 3.37. The van der Waals surface area contributed by atoms with E-state index in [1.807, 2.05) is 37.3 Å². The lowest BCUT2D eigenvalue weighted by Gasteiger charge is -2.16. The average Bonchev–Trinajstić information content (AvgIpc) is 2.94. The van der Waals surface area contributed by atoms with Gasteiger partial charge in [0.05, 0.1) is 12.4 Å². The molecule has 1 heterocycles. The van der Waals surface area contributed by atoms with Crippen molar-refractivity contribution in [1.29, 1.82) is 0 Å². The summed E-state index contributed by atoms with van der Waals surface area (Å²) in [6.07, 6.45) is 2.02. The Kier molecular flexibility index (Phi) is 5.32. The van der Waals surface area contributed by atoms with Crippen molar-refractivity contribution >= 4 is 5.97 Å². The van der Waals surface area contributed by atoms with Crippen LogP contribution in [0, 0.1) is 17.8 Å². The fourth-order valence-corrected chi connectivity index (χ4v) is 2.14. The molecule has 0 radical (unpaired) electrons. The van der Waals surface area contributed by atoms with E-state index in [1.165, 1.54) is 17.0 Å². The van der Waals surface area contributed by atoms with Crippen LogP contribution in [0.25, 0.3) is 0 Å². The van der Waals surface area contributed by atoms with Gasteiger partial charge in [0.15, 0.2) is 11.8 Å². The molecule has 1 aromatic carbocycles. The molecule has 0 aliphatic rings. The van der Waals surface area contributed by atoms with Gasteiger partial charge < -0.3 is 9.30 Å². The van der Waals surface area contributed by atoms with Crippen LogP contribution in [0.5, 0.6) is 0 Å². The van der Waals surface area contributed by atoms with Crippen molar-refractivity contribution in [2.75, 3.05) is 0 Å². The lowest BCUT2D eigenvalue weighted by atomic mass is 10.1. The van der Waals surface area contributed by atoms with Crippen molar-refractivity contribution in [2.24, 2.45) is 0 Å². The van der Waals surface area contributed by atoms with Crippen LogP contribution in [-0.4, -0.2) is 21.6 Å². The average molecular weight is 312 g/mol. The topological polar surface area (TPSA) is 44.1 Å². The van der Waals surface area contributed by atoms with Gasteiger partial charge in [-0.3, -0.25) is 0 Å². The van der Waals surface area contributed by atoms with Crippen molar-refractivity contribution < 1.29 is 13.9 Å². The maximum Gasteiger partial charge on any atom is 0.361 e. The van der Waals surface area contributed by atoms with Crippen LogP contribution in [0.4, 0.5) is 4.39 Å². The normalized spacial score (nSPS) is 12.7. The summed E-state index contributed by atoms with van der Waals surface area (Å²) in [5, 5.41) is 0. The second-order valence-electron chi connectivity index (χ2n) is 4.92. The Bertz CT molecular complexity index is 756. The first kappa shape index (κ1) is 16.5. The number of benzene rings is 1. The van der Waals surface area contributed by atoms with Gasteiger partial charge in [0.2, 0.25) is 5.95 Å². The van der Waals surface area contributed by atoms with E-state index in [0.717, 1.165) is 5.56 Å². The number of esters is 1. The SMILES string of the molecule is C=CC#CC(C)OC(=O)c1c(F)ncn1[C@H](C)c1ccccc1. The molecule has 0 aliphatic heterocycles. The summed E-state index contributed by atoms with van der Waals surface area (Å²) < 4.78 is 20.6. The molecule has 5 heteroatoms. The molecule has 2 aromatic rings. The first-order valence-corrected chi connectivity index (χ1v) is 7.14. The van der Waals surface area contributed by atoms with E-state index < -0.39 is 18.0 Å². The Hall–Kier alpha value is -2.87. The third-order valence-corrected chi connectivity index (χ3v) is 3.31. The molecule has 1 aromatic heterocycles. The van der Waals surface area contributed by atoms with Gasteiger partial charge in [0, 0.05) is 0 Å². The molecule has 2 rings (SSSR count). The zero-order valence-electron chi connectivity index (χ0n) is 13.0.